The van der Waals surface area contributed by atoms with Crippen LogP contribution in [0, 0.1) is 0 Å². The van der Waals surface area contributed by atoms with Crippen LogP contribution in [-0.2, 0) is 11.8 Å². The van der Waals surface area contributed by atoms with Crippen LogP contribution < -0.4 is 4.90 Å². The van der Waals surface area contributed by atoms with Crippen LogP contribution in [0.5, 0.6) is 0 Å². The molecule has 0 aliphatic heterocycles. The molecule has 7 heteroatoms. The number of aromatic nitrogens is 4. The molecule has 1 aromatic carbocycles. The lowest BCUT2D eigenvalue weighted by Crippen LogP contribution is -2.27. The monoisotopic (exact) mass is 339 g/mol. The molecule has 0 unspecified atom stereocenters. The van der Waals surface area contributed by atoms with Crippen LogP contribution >= 0.6 is 11.8 Å². The van der Waals surface area contributed by atoms with E-state index in [2.05, 4.69) is 15.2 Å². The van der Waals surface area contributed by atoms with E-state index in [1.165, 1.54) is 11.8 Å². The van der Waals surface area contributed by atoms with Gasteiger partial charge in [0.2, 0.25) is 5.91 Å². The zero-order valence-electron chi connectivity index (χ0n) is 13.5. The fraction of sp³-hybridized carbons (Fsp3) is 0.176. The highest BCUT2D eigenvalue weighted by Gasteiger charge is 2.15. The standard InChI is InChI=1S/C17H17N5OS/c1-21(14-6-4-3-5-7-14)15(23)12-24-17-20-19-16(22(17)2)13-8-10-18-11-9-13/h3-11H,12H2,1-2H3. The maximum absolute atomic E-state index is 12.3. The smallest absolute Gasteiger partial charge is 0.237 e. The number of anilines is 1. The molecule has 1 amide bonds. The number of rotatable bonds is 5. The van der Waals surface area contributed by atoms with E-state index in [0.717, 1.165) is 17.1 Å². The minimum absolute atomic E-state index is 0.0136. The summed E-state index contributed by atoms with van der Waals surface area (Å²) in [6, 6.07) is 13.3. The third kappa shape index (κ3) is 3.46. The van der Waals surface area contributed by atoms with Crippen molar-refractivity contribution >= 4 is 23.4 Å². The summed E-state index contributed by atoms with van der Waals surface area (Å²) in [6.07, 6.45) is 3.43. The Morgan fingerprint density at radius 1 is 1.12 bits per heavy atom. The van der Waals surface area contributed by atoms with Crippen molar-refractivity contribution in [2.24, 2.45) is 7.05 Å². The second-order valence-corrected chi connectivity index (χ2v) is 6.12. The van der Waals surface area contributed by atoms with Gasteiger partial charge in [-0.25, -0.2) is 0 Å². The lowest BCUT2D eigenvalue weighted by Gasteiger charge is -2.16. The van der Waals surface area contributed by atoms with E-state index < -0.39 is 0 Å². The van der Waals surface area contributed by atoms with Gasteiger partial charge in [0.1, 0.15) is 0 Å². The fourth-order valence-electron chi connectivity index (χ4n) is 2.21. The molecule has 0 radical (unpaired) electrons. The molecule has 0 saturated heterocycles. The Labute approximate surface area is 144 Å². The largest absolute Gasteiger partial charge is 0.315 e. The Kier molecular flexibility index (Phi) is 4.90. The zero-order valence-corrected chi connectivity index (χ0v) is 14.3. The first kappa shape index (κ1) is 16.2. The maximum Gasteiger partial charge on any atom is 0.237 e. The average molecular weight is 339 g/mol. The number of nitrogens with zero attached hydrogens (tertiary/aromatic N) is 5. The fourth-order valence-corrected chi connectivity index (χ4v) is 3.04. The summed E-state index contributed by atoms with van der Waals surface area (Å²) in [5.74, 6) is 1.07. The average Bonchev–Trinajstić information content (AvgIpc) is 3.01. The lowest BCUT2D eigenvalue weighted by molar-refractivity contribution is -0.115. The molecular weight excluding hydrogens is 322 g/mol. The number of thioether (sulfide) groups is 1. The Bertz CT molecular complexity index is 820. The Morgan fingerprint density at radius 2 is 1.83 bits per heavy atom. The summed E-state index contributed by atoms with van der Waals surface area (Å²) in [5.41, 5.74) is 1.82. The van der Waals surface area contributed by atoms with Crippen molar-refractivity contribution in [3.8, 4) is 11.4 Å². The quantitative estimate of drug-likeness (QED) is 0.669. The van der Waals surface area contributed by atoms with Crippen LogP contribution in [0.4, 0.5) is 5.69 Å². The number of hydrogen-bond acceptors (Lipinski definition) is 5. The highest BCUT2D eigenvalue weighted by molar-refractivity contribution is 7.99. The normalized spacial score (nSPS) is 10.6. The SMILES string of the molecule is CN(C(=O)CSc1nnc(-c2ccncc2)n1C)c1ccccc1. The first-order chi connectivity index (χ1) is 11.7. The van der Waals surface area contributed by atoms with Gasteiger partial charge in [-0.05, 0) is 24.3 Å². The van der Waals surface area contributed by atoms with E-state index in [4.69, 9.17) is 0 Å². The molecule has 0 aliphatic carbocycles. The first-order valence-electron chi connectivity index (χ1n) is 7.41. The molecule has 0 aliphatic rings. The molecule has 0 spiro atoms. The van der Waals surface area contributed by atoms with Gasteiger partial charge in [0.05, 0.1) is 5.75 Å². The molecule has 0 atom stereocenters. The van der Waals surface area contributed by atoms with Gasteiger partial charge in [0.15, 0.2) is 11.0 Å². The number of benzene rings is 1. The molecule has 0 fully saturated rings. The van der Waals surface area contributed by atoms with E-state index in [1.54, 1.807) is 24.3 Å². The van der Waals surface area contributed by atoms with Gasteiger partial charge in [0, 0.05) is 37.7 Å². The number of hydrogen-bond donors (Lipinski definition) is 0. The van der Waals surface area contributed by atoms with Gasteiger partial charge in [-0.2, -0.15) is 0 Å². The Morgan fingerprint density at radius 3 is 2.54 bits per heavy atom. The molecule has 6 nitrogen and oxygen atoms in total. The lowest BCUT2D eigenvalue weighted by atomic mass is 10.2. The molecule has 3 rings (SSSR count). The number of carbonyl (C=O) groups is 1. The van der Waals surface area contributed by atoms with Crippen molar-refractivity contribution in [2.75, 3.05) is 17.7 Å². The van der Waals surface area contributed by atoms with Crippen molar-refractivity contribution in [1.82, 2.24) is 19.7 Å². The van der Waals surface area contributed by atoms with Crippen molar-refractivity contribution in [1.29, 1.82) is 0 Å². The summed E-state index contributed by atoms with van der Waals surface area (Å²) in [7, 11) is 3.67. The third-order valence-electron chi connectivity index (χ3n) is 3.62. The van der Waals surface area contributed by atoms with Crippen molar-refractivity contribution < 1.29 is 4.79 Å². The molecule has 2 heterocycles. The molecule has 0 N–H and O–H groups in total. The van der Waals surface area contributed by atoms with Gasteiger partial charge in [-0.1, -0.05) is 30.0 Å². The summed E-state index contributed by atoms with van der Waals surface area (Å²) < 4.78 is 1.88. The predicted octanol–water partition coefficient (Wildman–Crippen LogP) is 2.63. The van der Waals surface area contributed by atoms with Gasteiger partial charge in [-0.15, -0.1) is 10.2 Å². The summed E-state index contributed by atoms with van der Waals surface area (Å²) in [4.78, 5) is 18.0. The number of amides is 1. The minimum atomic E-state index is 0.0136. The molecule has 2 aromatic heterocycles. The highest BCUT2D eigenvalue weighted by atomic mass is 32.2. The molecular formula is C17H17N5OS. The highest BCUT2D eigenvalue weighted by Crippen LogP contribution is 2.22. The Hall–Kier alpha value is -2.67. The second kappa shape index (κ2) is 7.27. The van der Waals surface area contributed by atoms with Crippen molar-refractivity contribution in [2.45, 2.75) is 5.16 Å². The van der Waals surface area contributed by atoms with Crippen molar-refractivity contribution in [3.63, 3.8) is 0 Å². The van der Waals surface area contributed by atoms with E-state index in [0.29, 0.717) is 10.9 Å². The number of pyridine rings is 1. The molecule has 24 heavy (non-hydrogen) atoms. The van der Waals surface area contributed by atoms with Crippen LogP contribution in [0.3, 0.4) is 0 Å². The van der Waals surface area contributed by atoms with E-state index in [-0.39, 0.29) is 5.91 Å². The van der Waals surface area contributed by atoms with Gasteiger partial charge < -0.3 is 9.47 Å². The van der Waals surface area contributed by atoms with Gasteiger partial charge in [-0.3, -0.25) is 9.78 Å². The molecule has 3 aromatic rings. The summed E-state index contributed by atoms with van der Waals surface area (Å²) in [6.45, 7) is 0. The predicted molar refractivity (Wildman–Crippen MR) is 94.8 cm³/mol. The van der Waals surface area contributed by atoms with E-state index in [1.807, 2.05) is 54.1 Å². The third-order valence-corrected chi connectivity index (χ3v) is 4.62. The summed E-state index contributed by atoms with van der Waals surface area (Å²) in [5, 5.41) is 9.09. The van der Waals surface area contributed by atoms with Crippen molar-refractivity contribution in [3.05, 3.63) is 54.9 Å². The van der Waals surface area contributed by atoms with Crippen LogP contribution in [-0.4, -0.2) is 38.5 Å². The van der Waals surface area contributed by atoms with E-state index >= 15 is 0 Å². The zero-order chi connectivity index (χ0) is 16.9. The van der Waals surface area contributed by atoms with Crippen LogP contribution in [0.2, 0.25) is 0 Å². The molecule has 122 valence electrons. The molecule has 0 bridgehead atoms. The summed E-state index contributed by atoms with van der Waals surface area (Å²) >= 11 is 1.38. The van der Waals surface area contributed by atoms with Crippen LogP contribution in [0.25, 0.3) is 11.4 Å². The second-order valence-electron chi connectivity index (χ2n) is 5.18. The van der Waals surface area contributed by atoms with Crippen LogP contribution in [0.1, 0.15) is 0 Å². The molecule has 0 saturated carbocycles. The first-order valence-corrected chi connectivity index (χ1v) is 8.39. The minimum Gasteiger partial charge on any atom is -0.315 e. The maximum atomic E-state index is 12.3. The Balaban J connectivity index is 1.67. The number of carbonyl (C=O) groups excluding carboxylic acids is 1. The van der Waals surface area contributed by atoms with E-state index in [9.17, 15) is 4.79 Å². The topological polar surface area (TPSA) is 63.9 Å². The number of para-hydroxylation sites is 1. The van der Waals surface area contributed by atoms with Gasteiger partial charge in [0.25, 0.3) is 0 Å². The van der Waals surface area contributed by atoms with Gasteiger partial charge >= 0.3 is 0 Å². The van der Waals surface area contributed by atoms with Crippen LogP contribution in [0.15, 0.2) is 60.0 Å².